The van der Waals surface area contributed by atoms with Crippen LogP contribution < -0.4 is 5.32 Å². The summed E-state index contributed by atoms with van der Waals surface area (Å²) in [6.45, 7) is 7.23. The summed E-state index contributed by atoms with van der Waals surface area (Å²) in [6, 6.07) is 0. The first kappa shape index (κ1) is 12.8. The number of amides is 1. The molecule has 0 radical (unpaired) electrons. The van der Waals surface area contributed by atoms with Gasteiger partial charge in [0, 0.05) is 18.6 Å². The molecule has 4 heteroatoms. The molecule has 2 saturated heterocycles. The van der Waals surface area contributed by atoms with Crippen molar-refractivity contribution < 1.29 is 4.79 Å². The van der Waals surface area contributed by atoms with Gasteiger partial charge in [0.15, 0.2) is 0 Å². The van der Waals surface area contributed by atoms with E-state index in [9.17, 15) is 4.79 Å². The number of carbonyl (C=O) groups is 1. The smallest absolute Gasteiger partial charge is 0.227 e. The lowest BCUT2D eigenvalue weighted by molar-refractivity contribution is -0.149. The fraction of sp³-hybridized carbons (Fsp3) is 0.909. The summed E-state index contributed by atoms with van der Waals surface area (Å²) >= 11 is 0. The molecule has 0 unspecified atom stereocenters. The first-order chi connectivity index (χ1) is 6.61. The molecule has 2 aliphatic rings. The fourth-order valence-electron chi connectivity index (χ4n) is 2.36. The molecule has 2 fully saturated rings. The first-order valence-electron chi connectivity index (χ1n) is 5.63. The molecule has 0 aromatic rings. The monoisotopic (exact) mass is 232 g/mol. The van der Waals surface area contributed by atoms with Crippen molar-refractivity contribution in [2.45, 2.75) is 38.6 Å². The van der Waals surface area contributed by atoms with Gasteiger partial charge in [-0.15, -0.1) is 12.4 Å². The Balaban J connectivity index is 0.00000112. The van der Waals surface area contributed by atoms with Crippen molar-refractivity contribution in [2.75, 3.05) is 19.6 Å². The highest BCUT2D eigenvalue weighted by Gasteiger charge is 2.41. The maximum Gasteiger partial charge on any atom is 0.227 e. The van der Waals surface area contributed by atoms with Crippen molar-refractivity contribution >= 4 is 18.3 Å². The lowest BCUT2D eigenvalue weighted by atomic mass is 9.86. The van der Waals surface area contributed by atoms with E-state index in [1.165, 1.54) is 0 Å². The molecule has 0 aromatic carbocycles. The van der Waals surface area contributed by atoms with Crippen LogP contribution in [0.3, 0.4) is 0 Å². The van der Waals surface area contributed by atoms with Crippen molar-refractivity contribution in [3.05, 3.63) is 0 Å². The fourth-order valence-corrected chi connectivity index (χ4v) is 2.36. The predicted octanol–water partition coefficient (Wildman–Crippen LogP) is 1.42. The van der Waals surface area contributed by atoms with Gasteiger partial charge in [-0.1, -0.05) is 0 Å². The van der Waals surface area contributed by atoms with E-state index < -0.39 is 0 Å². The van der Waals surface area contributed by atoms with Gasteiger partial charge in [-0.3, -0.25) is 4.79 Å². The van der Waals surface area contributed by atoms with Crippen molar-refractivity contribution in [1.82, 2.24) is 10.2 Å². The van der Waals surface area contributed by atoms with Gasteiger partial charge in [0.2, 0.25) is 5.91 Å². The minimum absolute atomic E-state index is 0. The highest BCUT2D eigenvalue weighted by atomic mass is 35.5. The molecule has 0 aliphatic carbocycles. The van der Waals surface area contributed by atoms with Crippen LogP contribution in [0.25, 0.3) is 0 Å². The SMILES string of the molecule is CC1(C)CCN1C(=O)[C@@H]1CCCNC1.Cl. The van der Waals surface area contributed by atoms with E-state index in [4.69, 9.17) is 0 Å². The van der Waals surface area contributed by atoms with Crippen LogP contribution in [0.1, 0.15) is 33.1 Å². The van der Waals surface area contributed by atoms with Gasteiger partial charge >= 0.3 is 0 Å². The highest BCUT2D eigenvalue weighted by molar-refractivity contribution is 5.85. The van der Waals surface area contributed by atoms with Crippen LogP contribution in [0.5, 0.6) is 0 Å². The van der Waals surface area contributed by atoms with Gasteiger partial charge in [-0.05, 0) is 39.7 Å². The van der Waals surface area contributed by atoms with E-state index in [1.807, 2.05) is 4.90 Å². The molecule has 2 aliphatic heterocycles. The number of halogens is 1. The lowest BCUT2D eigenvalue weighted by Crippen LogP contribution is -2.61. The molecule has 88 valence electrons. The molecule has 0 bridgehead atoms. The van der Waals surface area contributed by atoms with Gasteiger partial charge in [-0.2, -0.15) is 0 Å². The standard InChI is InChI=1S/C11H20N2O.ClH/c1-11(2)5-7-13(11)10(14)9-4-3-6-12-8-9;/h9,12H,3-8H2,1-2H3;1H/t9-;/m1./s1. The Morgan fingerprint density at radius 1 is 1.47 bits per heavy atom. The van der Waals surface area contributed by atoms with Gasteiger partial charge in [0.25, 0.3) is 0 Å². The molecule has 2 heterocycles. The van der Waals surface area contributed by atoms with Crippen LogP contribution in [0, 0.1) is 5.92 Å². The Hall–Kier alpha value is -0.280. The second-order valence-corrected chi connectivity index (χ2v) is 5.10. The summed E-state index contributed by atoms with van der Waals surface area (Å²) in [5.74, 6) is 0.608. The molecular formula is C11H21ClN2O. The third-order valence-corrected chi connectivity index (χ3v) is 3.59. The van der Waals surface area contributed by atoms with E-state index in [0.29, 0.717) is 5.91 Å². The average molecular weight is 233 g/mol. The van der Waals surface area contributed by atoms with Gasteiger partial charge in [0.05, 0.1) is 5.92 Å². The number of nitrogens with one attached hydrogen (secondary N) is 1. The summed E-state index contributed by atoms with van der Waals surface area (Å²) in [7, 11) is 0. The van der Waals surface area contributed by atoms with E-state index in [0.717, 1.165) is 38.9 Å². The first-order valence-corrected chi connectivity index (χ1v) is 5.63. The maximum atomic E-state index is 12.1. The Morgan fingerprint density at radius 2 is 2.20 bits per heavy atom. The lowest BCUT2D eigenvalue weighted by Gasteiger charge is -2.50. The van der Waals surface area contributed by atoms with Crippen LogP contribution in [0.15, 0.2) is 0 Å². The van der Waals surface area contributed by atoms with E-state index in [1.54, 1.807) is 0 Å². The molecule has 15 heavy (non-hydrogen) atoms. The quantitative estimate of drug-likeness (QED) is 0.742. The summed E-state index contributed by atoms with van der Waals surface area (Å²) in [5.41, 5.74) is 0.120. The molecule has 1 atom stereocenters. The van der Waals surface area contributed by atoms with Crippen molar-refractivity contribution in [3.8, 4) is 0 Å². The number of hydrogen-bond acceptors (Lipinski definition) is 2. The van der Waals surface area contributed by atoms with Crippen LogP contribution in [-0.4, -0.2) is 36.0 Å². The third kappa shape index (κ3) is 2.45. The number of carbonyl (C=O) groups excluding carboxylic acids is 1. The molecule has 1 amide bonds. The van der Waals surface area contributed by atoms with Crippen LogP contribution in [0.4, 0.5) is 0 Å². The van der Waals surface area contributed by atoms with Crippen molar-refractivity contribution in [1.29, 1.82) is 0 Å². The highest BCUT2D eigenvalue weighted by Crippen LogP contribution is 2.31. The average Bonchev–Trinajstić information content (AvgIpc) is 2.18. The number of piperidine rings is 1. The van der Waals surface area contributed by atoms with Gasteiger partial charge in [-0.25, -0.2) is 0 Å². The summed E-state index contributed by atoms with van der Waals surface area (Å²) < 4.78 is 0. The number of nitrogens with zero attached hydrogens (tertiary/aromatic N) is 1. The van der Waals surface area contributed by atoms with Crippen LogP contribution >= 0.6 is 12.4 Å². The molecule has 1 N–H and O–H groups in total. The Morgan fingerprint density at radius 3 is 2.60 bits per heavy atom. The normalized spacial score (nSPS) is 28.9. The number of hydrogen-bond donors (Lipinski definition) is 1. The van der Waals surface area contributed by atoms with E-state index in [-0.39, 0.29) is 23.9 Å². The zero-order chi connectivity index (χ0) is 10.2. The second-order valence-electron chi connectivity index (χ2n) is 5.10. The largest absolute Gasteiger partial charge is 0.337 e. The summed E-state index contributed by atoms with van der Waals surface area (Å²) in [4.78, 5) is 14.1. The zero-order valence-corrected chi connectivity index (χ0v) is 10.4. The minimum Gasteiger partial charge on any atom is -0.337 e. The van der Waals surface area contributed by atoms with Crippen molar-refractivity contribution in [2.24, 2.45) is 5.92 Å². The van der Waals surface area contributed by atoms with Crippen LogP contribution in [-0.2, 0) is 4.79 Å². The third-order valence-electron chi connectivity index (χ3n) is 3.59. The zero-order valence-electron chi connectivity index (χ0n) is 9.58. The van der Waals surface area contributed by atoms with E-state index >= 15 is 0 Å². The Bertz CT molecular complexity index is 237. The minimum atomic E-state index is 0. The summed E-state index contributed by atoms with van der Waals surface area (Å²) in [6.07, 6.45) is 3.36. The molecule has 0 spiro atoms. The molecule has 3 nitrogen and oxygen atoms in total. The predicted molar refractivity (Wildman–Crippen MR) is 63.3 cm³/mol. The van der Waals surface area contributed by atoms with Gasteiger partial charge < -0.3 is 10.2 Å². The Kier molecular flexibility index (Phi) is 4.01. The Labute approximate surface area is 98.0 Å². The van der Waals surface area contributed by atoms with Crippen LogP contribution in [0.2, 0.25) is 0 Å². The molecule has 0 saturated carbocycles. The second kappa shape index (κ2) is 4.71. The van der Waals surface area contributed by atoms with E-state index in [2.05, 4.69) is 19.2 Å². The topological polar surface area (TPSA) is 32.3 Å². The molecular weight excluding hydrogens is 212 g/mol. The summed E-state index contributed by atoms with van der Waals surface area (Å²) in [5, 5.41) is 3.30. The molecule has 0 aromatic heterocycles. The van der Waals surface area contributed by atoms with Gasteiger partial charge in [0.1, 0.15) is 0 Å². The molecule has 2 rings (SSSR count). The van der Waals surface area contributed by atoms with Crippen molar-refractivity contribution in [3.63, 3.8) is 0 Å². The number of rotatable bonds is 1. The number of likely N-dealkylation sites (tertiary alicyclic amines) is 1. The maximum absolute atomic E-state index is 12.1.